The first-order chi connectivity index (χ1) is 49.3. The Morgan fingerprint density at radius 3 is 1.01 bits per heavy atom. The molecular weight excluding hydrogens is 1290 g/mol. The van der Waals surface area contributed by atoms with E-state index in [0.29, 0.717) is 6.42 Å². The number of amides is 1. The van der Waals surface area contributed by atoms with E-state index in [1.165, 1.54) is 270 Å². The molecule has 0 aromatic heterocycles. The highest BCUT2D eigenvalue weighted by atomic mass is 16.8. The zero-order valence-electron chi connectivity index (χ0n) is 63.7. The van der Waals surface area contributed by atoms with Crippen molar-refractivity contribution >= 4 is 5.91 Å². The molecule has 594 valence electrons. The molecule has 0 radical (unpaired) electrons. The summed E-state index contributed by atoms with van der Waals surface area (Å²) < 4.78 is 34.4. The minimum Gasteiger partial charge on any atom is -0.394 e. The van der Waals surface area contributed by atoms with Crippen molar-refractivity contribution in [3.05, 3.63) is 36.5 Å². The molecule has 0 aromatic carbocycles. The van der Waals surface area contributed by atoms with Gasteiger partial charge in [0.2, 0.25) is 5.91 Å². The number of aliphatic hydroxyl groups excluding tert-OH is 11. The maximum absolute atomic E-state index is 13.5. The van der Waals surface area contributed by atoms with Gasteiger partial charge in [0.25, 0.3) is 0 Å². The lowest BCUT2D eigenvalue weighted by Gasteiger charge is -2.48. The fourth-order valence-electron chi connectivity index (χ4n) is 14.2. The molecule has 3 aliphatic rings. The third-order valence-electron chi connectivity index (χ3n) is 20.9. The fourth-order valence-corrected chi connectivity index (χ4v) is 14.2. The van der Waals surface area contributed by atoms with E-state index in [4.69, 9.17) is 28.4 Å². The van der Waals surface area contributed by atoms with E-state index in [-0.39, 0.29) is 18.9 Å². The largest absolute Gasteiger partial charge is 0.394 e. The second-order valence-corrected chi connectivity index (χ2v) is 29.9. The van der Waals surface area contributed by atoms with Crippen LogP contribution in [0.3, 0.4) is 0 Å². The number of unbranched alkanes of at least 4 members (excludes halogenated alkanes) is 47. The Kier molecular flexibility index (Phi) is 58.1. The molecule has 19 heteroatoms. The second kappa shape index (κ2) is 63.0. The quantitative estimate of drug-likeness (QED) is 0.0199. The first kappa shape index (κ1) is 93.2. The van der Waals surface area contributed by atoms with Gasteiger partial charge >= 0.3 is 0 Å². The molecule has 3 rings (SSSR count). The number of carbonyl (C=O) groups is 1. The average molecular weight is 1440 g/mol. The highest BCUT2D eigenvalue weighted by Gasteiger charge is 2.54. The van der Waals surface area contributed by atoms with Gasteiger partial charge in [0.05, 0.1) is 38.6 Å². The molecule has 0 aromatic rings. The molecule has 3 heterocycles. The van der Waals surface area contributed by atoms with Crippen LogP contribution in [0.15, 0.2) is 36.5 Å². The van der Waals surface area contributed by atoms with Gasteiger partial charge in [-0.3, -0.25) is 4.79 Å². The molecule has 0 aliphatic carbocycles. The number of hydrogen-bond acceptors (Lipinski definition) is 18. The van der Waals surface area contributed by atoms with Crippen LogP contribution in [0.5, 0.6) is 0 Å². The molecule has 3 saturated heterocycles. The molecule has 17 atom stereocenters. The summed E-state index contributed by atoms with van der Waals surface area (Å²) in [6.07, 6.45) is 51.6. The molecule has 1 amide bonds. The van der Waals surface area contributed by atoms with Crippen LogP contribution in [0.4, 0.5) is 0 Å². The molecule has 19 nitrogen and oxygen atoms in total. The van der Waals surface area contributed by atoms with E-state index in [1.807, 2.05) is 6.08 Å². The third kappa shape index (κ3) is 43.0. The molecule has 3 fully saturated rings. The van der Waals surface area contributed by atoms with Crippen molar-refractivity contribution in [1.82, 2.24) is 5.32 Å². The van der Waals surface area contributed by atoms with Gasteiger partial charge in [-0.25, -0.2) is 0 Å². The van der Waals surface area contributed by atoms with Crippen LogP contribution in [-0.4, -0.2) is 193 Å². The number of ether oxygens (including phenoxy) is 6. The van der Waals surface area contributed by atoms with Gasteiger partial charge in [-0.2, -0.15) is 0 Å². The molecule has 0 saturated carbocycles. The fraction of sp³-hybridized carbons (Fsp3) is 0.915. The van der Waals surface area contributed by atoms with Gasteiger partial charge in [-0.1, -0.05) is 326 Å². The molecule has 17 unspecified atom stereocenters. The second-order valence-electron chi connectivity index (χ2n) is 29.9. The topological polar surface area (TPSA) is 307 Å². The Morgan fingerprint density at radius 2 is 0.653 bits per heavy atom. The number of aliphatic hydroxyl groups is 11. The predicted octanol–water partition coefficient (Wildman–Crippen LogP) is 14.3. The highest BCUT2D eigenvalue weighted by Crippen LogP contribution is 2.33. The van der Waals surface area contributed by atoms with E-state index >= 15 is 0 Å². The van der Waals surface area contributed by atoms with Crippen LogP contribution < -0.4 is 5.32 Å². The summed E-state index contributed by atoms with van der Waals surface area (Å²) in [4.78, 5) is 13.5. The summed E-state index contributed by atoms with van der Waals surface area (Å²) in [6, 6.07) is -0.971. The van der Waals surface area contributed by atoms with E-state index in [2.05, 4.69) is 43.5 Å². The summed E-state index contributed by atoms with van der Waals surface area (Å²) in [5.74, 6) is -0.268. The first-order valence-electron chi connectivity index (χ1n) is 41.7. The average Bonchev–Trinajstić information content (AvgIpc) is 0.792. The Bertz CT molecular complexity index is 1960. The van der Waals surface area contributed by atoms with Crippen molar-refractivity contribution in [3.8, 4) is 0 Å². The minimum atomic E-state index is -1.98. The number of nitrogens with one attached hydrogen (secondary N) is 1. The maximum Gasteiger partial charge on any atom is 0.220 e. The minimum absolute atomic E-state index is 0.248. The van der Waals surface area contributed by atoms with Gasteiger partial charge in [0.15, 0.2) is 18.9 Å². The van der Waals surface area contributed by atoms with Crippen LogP contribution >= 0.6 is 0 Å². The first-order valence-corrected chi connectivity index (χ1v) is 41.7. The van der Waals surface area contributed by atoms with E-state index in [1.54, 1.807) is 6.08 Å². The van der Waals surface area contributed by atoms with Gasteiger partial charge < -0.3 is 89.9 Å². The van der Waals surface area contributed by atoms with Gasteiger partial charge in [-0.05, 0) is 51.4 Å². The summed E-state index contributed by atoms with van der Waals surface area (Å²) in [7, 11) is 0. The molecule has 101 heavy (non-hydrogen) atoms. The van der Waals surface area contributed by atoms with Gasteiger partial charge in [-0.15, -0.1) is 0 Å². The lowest BCUT2D eigenvalue weighted by Crippen LogP contribution is -2.66. The van der Waals surface area contributed by atoms with Crippen LogP contribution in [-0.2, 0) is 33.2 Å². The maximum atomic E-state index is 13.5. The zero-order valence-corrected chi connectivity index (χ0v) is 63.7. The SMILES string of the molecule is CCCCCCC/C=C\C/C=C\CCCCCCCCCCCCCCCCCCCCCCCCCCCCCC(=O)NC(COC1OC(CO)C(OC2OC(CO)C(OC3OC(CO)C(O)C(O)C3O)C(O)C2O)C(O)C1O)C(O)/C=C/CCCCCCCCCCCCCCCCC. The van der Waals surface area contributed by atoms with E-state index in [0.717, 1.165) is 51.4 Å². The number of carbonyl (C=O) groups excluding carboxylic acids is 1. The Labute approximate surface area is 612 Å². The lowest BCUT2D eigenvalue weighted by atomic mass is 9.96. The number of rotatable bonds is 67. The molecule has 0 bridgehead atoms. The van der Waals surface area contributed by atoms with Crippen molar-refractivity contribution in [2.24, 2.45) is 0 Å². The van der Waals surface area contributed by atoms with Crippen molar-refractivity contribution < 1.29 is 89.4 Å². The van der Waals surface area contributed by atoms with Crippen LogP contribution in [0.2, 0.25) is 0 Å². The highest BCUT2D eigenvalue weighted by molar-refractivity contribution is 5.76. The normalized spacial score (nSPS) is 26.4. The van der Waals surface area contributed by atoms with E-state index < -0.39 is 124 Å². The Balaban J connectivity index is 1.29. The molecule has 3 aliphatic heterocycles. The number of allylic oxidation sites excluding steroid dienone is 5. The van der Waals surface area contributed by atoms with Gasteiger partial charge in [0.1, 0.15) is 73.2 Å². The summed E-state index contributed by atoms with van der Waals surface area (Å²) in [5.41, 5.74) is 0. The van der Waals surface area contributed by atoms with Crippen LogP contribution in [0.25, 0.3) is 0 Å². The number of hydrogen-bond donors (Lipinski definition) is 12. The van der Waals surface area contributed by atoms with Crippen LogP contribution in [0, 0.1) is 0 Å². The smallest absolute Gasteiger partial charge is 0.220 e. The summed E-state index contributed by atoms with van der Waals surface area (Å²) in [6.45, 7) is 1.77. The Hall–Kier alpha value is -1.99. The zero-order chi connectivity index (χ0) is 73.2. The van der Waals surface area contributed by atoms with Crippen molar-refractivity contribution in [3.63, 3.8) is 0 Å². The molecular formula is C82H153NO18. The van der Waals surface area contributed by atoms with E-state index in [9.17, 15) is 61.0 Å². The van der Waals surface area contributed by atoms with Crippen molar-refractivity contribution in [2.75, 3.05) is 26.4 Å². The Morgan fingerprint density at radius 1 is 0.356 bits per heavy atom. The van der Waals surface area contributed by atoms with Crippen LogP contribution in [0.1, 0.15) is 348 Å². The van der Waals surface area contributed by atoms with Crippen molar-refractivity contribution in [1.29, 1.82) is 0 Å². The molecule has 12 N–H and O–H groups in total. The standard InChI is InChI=1S/C82H153NO18/c1-3-5-7-9-11-13-15-17-19-21-22-23-24-25-26-27-28-29-30-31-32-33-34-35-36-37-38-39-40-41-42-44-46-48-50-52-54-56-58-60-70(88)83-65(66(87)59-57-55-53-51-49-47-45-43-20-18-16-14-12-10-8-6-4-2)64-96-80-76(94)73(91)78(68(62-85)98-80)101-82-77(95)74(92)79(69(63-86)99-82)100-81-75(93)72(90)71(89)67(61-84)97-81/h15,17,21-22,57,59,65-69,71-82,84-87,89-95H,3-14,16,18-20,23-56,58,60-64H2,1-2H3,(H,83,88)/b17-15-,22-21-,59-57+. The monoisotopic (exact) mass is 1440 g/mol. The molecule has 0 spiro atoms. The summed E-state index contributed by atoms with van der Waals surface area (Å²) in [5, 5.41) is 121. The third-order valence-corrected chi connectivity index (χ3v) is 20.9. The lowest BCUT2D eigenvalue weighted by molar-refractivity contribution is -0.379. The van der Waals surface area contributed by atoms with Gasteiger partial charge in [0, 0.05) is 6.42 Å². The van der Waals surface area contributed by atoms with Crippen molar-refractivity contribution in [2.45, 2.75) is 452 Å². The summed E-state index contributed by atoms with van der Waals surface area (Å²) >= 11 is 0. The predicted molar refractivity (Wildman–Crippen MR) is 402 cm³/mol.